The molecule has 0 heterocycles. The SMILES string of the molecule is COCC(C)NC(=O)c1ccc(C#CCO)cc1F. The van der Waals surface area contributed by atoms with E-state index in [1.807, 2.05) is 0 Å². The third-order valence-electron chi connectivity index (χ3n) is 2.32. The lowest BCUT2D eigenvalue weighted by atomic mass is 10.1. The van der Waals surface area contributed by atoms with Crippen LogP contribution in [0.3, 0.4) is 0 Å². The minimum Gasteiger partial charge on any atom is -0.384 e. The van der Waals surface area contributed by atoms with E-state index < -0.39 is 11.7 Å². The molecule has 1 aromatic rings. The summed E-state index contributed by atoms with van der Waals surface area (Å²) in [4.78, 5) is 11.8. The second-order valence-electron chi connectivity index (χ2n) is 3.98. The van der Waals surface area contributed by atoms with Gasteiger partial charge < -0.3 is 15.2 Å². The molecule has 0 fully saturated rings. The second kappa shape index (κ2) is 7.52. The number of hydrogen-bond donors (Lipinski definition) is 2. The van der Waals surface area contributed by atoms with Gasteiger partial charge in [-0.25, -0.2) is 4.39 Å². The fraction of sp³-hybridized carbons (Fsp3) is 0.357. The van der Waals surface area contributed by atoms with Crippen LogP contribution in [0.5, 0.6) is 0 Å². The maximum Gasteiger partial charge on any atom is 0.254 e. The van der Waals surface area contributed by atoms with Crippen molar-refractivity contribution in [3.63, 3.8) is 0 Å². The molecular weight excluding hydrogens is 249 g/mol. The highest BCUT2D eigenvalue weighted by Gasteiger charge is 2.14. The van der Waals surface area contributed by atoms with Crippen LogP contribution in [0.15, 0.2) is 18.2 Å². The molecule has 102 valence electrons. The fourth-order valence-corrected chi connectivity index (χ4v) is 1.51. The van der Waals surface area contributed by atoms with Crippen molar-refractivity contribution in [1.29, 1.82) is 0 Å². The summed E-state index contributed by atoms with van der Waals surface area (Å²) in [7, 11) is 1.53. The number of carbonyl (C=O) groups is 1. The Bertz CT molecular complexity index is 505. The minimum atomic E-state index is -0.646. The van der Waals surface area contributed by atoms with Gasteiger partial charge in [0.2, 0.25) is 0 Å². The minimum absolute atomic E-state index is 0.0440. The van der Waals surface area contributed by atoms with Gasteiger partial charge in [-0.05, 0) is 25.1 Å². The van der Waals surface area contributed by atoms with Gasteiger partial charge in [-0.3, -0.25) is 4.79 Å². The standard InChI is InChI=1S/C14H16FNO3/c1-10(9-19-2)16-14(18)12-6-5-11(4-3-7-17)8-13(12)15/h5-6,8,10,17H,7,9H2,1-2H3,(H,16,18). The Morgan fingerprint density at radius 3 is 2.89 bits per heavy atom. The van der Waals surface area contributed by atoms with E-state index in [0.717, 1.165) is 0 Å². The number of nitrogens with one attached hydrogen (secondary N) is 1. The van der Waals surface area contributed by atoms with E-state index in [0.29, 0.717) is 12.2 Å². The van der Waals surface area contributed by atoms with Gasteiger partial charge >= 0.3 is 0 Å². The third-order valence-corrected chi connectivity index (χ3v) is 2.32. The fourth-order valence-electron chi connectivity index (χ4n) is 1.51. The van der Waals surface area contributed by atoms with Crippen LogP contribution in [0.2, 0.25) is 0 Å². The molecule has 5 heteroatoms. The predicted molar refractivity (Wildman–Crippen MR) is 69.2 cm³/mol. The zero-order valence-corrected chi connectivity index (χ0v) is 10.9. The van der Waals surface area contributed by atoms with Gasteiger partial charge in [0.1, 0.15) is 12.4 Å². The van der Waals surface area contributed by atoms with Gasteiger partial charge in [0.05, 0.1) is 12.2 Å². The normalized spacial score (nSPS) is 11.4. The highest BCUT2D eigenvalue weighted by atomic mass is 19.1. The molecule has 2 N–H and O–H groups in total. The van der Waals surface area contributed by atoms with Crippen LogP contribution in [0, 0.1) is 17.7 Å². The average molecular weight is 265 g/mol. The summed E-state index contributed by atoms with van der Waals surface area (Å²) in [6.45, 7) is 1.83. The van der Waals surface area contributed by atoms with Crippen LogP contribution < -0.4 is 5.32 Å². The third kappa shape index (κ3) is 4.70. The number of aliphatic hydroxyl groups excluding tert-OH is 1. The first-order valence-electron chi connectivity index (χ1n) is 5.77. The van der Waals surface area contributed by atoms with Crippen molar-refractivity contribution in [3.05, 3.63) is 35.1 Å². The van der Waals surface area contributed by atoms with E-state index in [-0.39, 0.29) is 18.2 Å². The number of benzene rings is 1. The summed E-state index contributed by atoms with van der Waals surface area (Å²) in [6.07, 6.45) is 0. The van der Waals surface area contributed by atoms with E-state index in [9.17, 15) is 9.18 Å². The highest BCUT2D eigenvalue weighted by molar-refractivity contribution is 5.94. The van der Waals surface area contributed by atoms with Crippen LogP contribution >= 0.6 is 0 Å². The Hall–Kier alpha value is -1.90. The molecule has 1 unspecified atom stereocenters. The van der Waals surface area contributed by atoms with Crippen molar-refractivity contribution in [2.45, 2.75) is 13.0 Å². The molecule has 0 saturated carbocycles. The van der Waals surface area contributed by atoms with E-state index in [4.69, 9.17) is 9.84 Å². The van der Waals surface area contributed by atoms with Crippen molar-refractivity contribution in [2.75, 3.05) is 20.3 Å². The Morgan fingerprint density at radius 1 is 1.58 bits per heavy atom. The summed E-state index contributed by atoms with van der Waals surface area (Å²) in [5, 5.41) is 11.2. The molecule has 19 heavy (non-hydrogen) atoms. The molecule has 1 aromatic carbocycles. The largest absolute Gasteiger partial charge is 0.384 e. The Morgan fingerprint density at radius 2 is 2.32 bits per heavy atom. The summed E-state index contributed by atoms with van der Waals surface area (Å²) in [5.41, 5.74) is 0.366. The summed E-state index contributed by atoms with van der Waals surface area (Å²) >= 11 is 0. The molecule has 0 spiro atoms. The zero-order valence-electron chi connectivity index (χ0n) is 10.9. The van der Waals surface area contributed by atoms with Crippen LogP contribution in [-0.2, 0) is 4.74 Å². The molecule has 1 amide bonds. The maximum atomic E-state index is 13.7. The van der Waals surface area contributed by atoms with Gasteiger partial charge in [-0.2, -0.15) is 0 Å². The van der Waals surface area contributed by atoms with Crippen molar-refractivity contribution >= 4 is 5.91 Å². The number of carbonyl (C=O) groups excluding carboxylic acids is 1. The summed E-state index contributed by atoms with van der Waals surface area (Å²) < 4.78 is 18.6. The first-order chi connectivity index (χ1) is 9.08. The molecule has 1 atom stereocenters. The monoisotopic (exact) mass is 265 g/mol. The van der Waals surface area contributed by atoms with Gasteiger partial charge in [0.15, 0.2) is 0 Å². The number of amides is 1. The summed E-state index contributed by atoms with van der Waals surface area (Å²) in [5.74, 6) is 3.84. The van der Waals surface area contributed by atoms with Gasteiger partial charge in [0, 0.05) is 18.7 Å². The van der Waals surface area contributed by atoms with Crippen LogP contribution in [0.4, 0.5) is 4.39 Å². The van der Waals surface area contributed by atoms with Gasteiger partial charge in [-0.15, -0.1) is 0 Å². The Labute approximate surface area is 111 Å². The van der Waals surface area contributed by atoms with E-state index in [1.165, 1.54) is 25.3 Å². The van der Waals surface area contributed by atoms with Crippen molar-refractivity contribution in [3.8, 4) is 11.8 Å². The molecule has 0 radical (unpaired) electrons. The smallest absolute Gasteiger partial charge is 0.254 e. The van der Waals surface area contributed by atoms with Gasteiger partial charge in [-0.1, -0.05) is 11.8 Å². The van der Waals surface area contributed by atoms with E-state index in [1.54, 1.807) is 6.92 Å². The van der Waals surface area contributed by atoms with Crippen molar-refractivity contribution in [1.82, 2.24) is 5.32 Å². The number of rotatable bonds is 4. The second-order valence-corrected chi connectivity index (χ2v) is 3.98. The Kier molecular flexibility index (Phi) is 6.00. The maximum absolute atomic E-state index is 13.7. The number of hydrogen-bond acceptors (Lipinski definition) is 3. The lowest BCUT2D eigenvalue weighted by Crippen LogP contribution is -2.36. The lowest BCUT2D eigenvalue weighted by molar-refractivity contribution is 0.0901. The predicted octanol–water partition coefficient (Wildman–Crippen LogP) is 0.934. The molecule has 1 rings (SSSR count). The quantitative estimate of drug-likeness (QED) is 0.796. The van der Waals surface area contributed by atoms with Crippen LogP contribution in [0.25, 0.3) is 0 Å². The molecule has 0 aromatic heterocycles. The Balaban J connectivity index is 2.81. The first kappa shape index (κ1) is 15.2. The molecule has 0 saturated heterocycles. The highest BCUT2D eigenvalue weighted by Crippen LogP contribution is 2.10. The number of ether oxygens (including phenoxy) is 1. The zero-order chi connectivity index (χ0) is 14.3. The molecule has 4 nitrogen and oxygen atoms in total. The number of aliphatic hydroxyl groups is 1. The lowest BCUT2D eigenvalue weighted by Gasteiger charge is -2.13. The van der Waals surface area contributed by atoms with E-state index >= 15 is 0 Å². The van der Waals surface area contributed by atoms with Crippen molar-refractivity contribution in [2.24, 2.45) is 0 Å². The van der Waals surface area contributed by atoms with E-state index in [2.05, 4.69) is 17.2 Å². The van der Waals surface area contributed by atoms with Crippen molar-refractivity contribution < 1.29 is 19.0 Å². The molecular formula is C14H16FNO3. The van der Waals surface area contributed by atoms with Crippen LogP contribution in [-0.4, -0.2) is 37.4 Å². The molecule has 0 bridgehead atoms. The molecule has 0 aliphatic carbocycles. The van der Waals surface area contributed by atoms with Gasteiger partial charge in [0.25, 0.3) is 5.91 Å². The molecule has 0 aliphatic rings. The number of halogens is 1. The first-order valence-corrected chi connectivity index (χ1v) is 5.77. The average Bonchev–Trinajstić information content (AvgIpc) is 2.36. The number of methoxy groups -OCH3 is 1. The molecule has 0 aliphatic heterocycles. The topological polar surface area (TPSA) is 58.6 Å². The summed E-state index contributed by atoms with van der Waals surface area (Å²) in [6, 6.07) is 3.86. The van der Waals surface area contributed by atoms with Crippen LogP contribution in [0.1, 0.15) is 22.8 Å².